The molecule has 0 aromatic carbocycles. The molecule has 0 radical (unpaired) electrons. The Kier molecular flexibility index (Phi) is 4.81. The Labute approximate surface area is 54.7 Å². The van der Waals surface area contributed by atoms with Gasteiger partial charge in [-0.15, -0.1) is 4.89 Å². The quantitative estimate of drug-likeness (QED) is 0.484. The molecule has 54 valence electrons. The molecular weight excluding hydrogens is 143 g/mol. The van der Waals surface area contributed by atoms with Gasteiger partial charge in [0.05, 0.1) is 6.10 Å². The van der Waals surface area contributed by atoms with Crippen molar-refractivity contribution >= 4 is 8.25 Å². The summed E-state index contributed by atoms with van der Waals surface area (Å²) in [5.41, 5.74) is 0. The molecule has 0 heterocycles. The summed E-state index contributed by atoms with van der Waals surface area (Å²) in [6, 6.07) is 0. The lowest BCUT2D eigenvalue weighted by atomic mass is 10.5. The maximum Gasteiger partial charge on any atom is 0.697 e. The van der Waals surface area contributed by atoms with Crippen molar-refractivity contribution < 1.29 is 18.7 Å². The average Bonchev–Trinajstić information content (AvgIpc) is 1.63. The van der Waals surface area contributed by atoms with Gasteiger partial charge < -0.3 is 4.74 Å². The molecule has 0 aromatic heterocycles. The van der Waals surface area contributed by atoms with Crippen molar-refractivity contribution in [2.45, 2.75) is 20.0 Å². The second-order valence-corrected chi connectivity index (χ2v) is 2.43. The van der Waals surface area contributed by atoms with Crippen LogP contribution in [0, 0.1) is 0 Å². The third kappa shape index (κ3) is 7.98. The molecule has 1 N–H and O–H groups in total. The highest BCUT2D eigenvalue weighted by Gasteiger charge is 2.11. The van der Waals surface area contributed by atoms with Crippen LogP contribution in [-0.2, 0) is 13.8 Å². The molecule has 0 aromatic rings. The predicted octanol–water partition coefficient (Wildman–Crippen LogP) is 1.04. The van der Waals surface area contributed by atoms with Crippen LogP contribution >= 0.6 is 8.25 Å². The van der Waals surface area contributed by atoms with E-state index in [0.29, 0.717) is 0 Å². The molecule has 0 aliphatic heterocycles. The van der Waals surface area contributed by atoms with E-state index in [2.05, 4.69) is 4.52 Å². The van der Waals surface area contributed by atoms with Crippen LogP contribution in [0.1, 0.15) is 13.8 Å². The van der Waals surface area contributed by atoms with E-state index in [1.165, 1.54) is 0 Å². The van der Waals surface area contributed by atoms with Gasteiger partial charge in [0.2, 0.25) is 6.79 Å². The molecule has 0 amide bonds. The Morgan fingerprint density at radius 1 is 1.67 bits per heavy atom. The van der Waals surface area contributed by atoms with E-state index in [9.17, 15) is 4.57 Å². The molecule has 0 aliphatic rings. The monoisotopic (exact) mass is 153 g/mol. The molecule has 9 heavy (non-hydrogen) atoms. The summed E-state index contributed by atoms with van der Waals surface area (Å²) in [7, 11) is -2.51. The highest BCUT2D eigenvalue weighted by atomic mass is 31.1. The summed E-state index contributed by atoms with van der Waals surface area (Å²) >= 11 is 0. The SMILES string of the molecule is CC(C)OCO[P+](=O)O. The lowest BCUT2D eigenvalue weighted by Gasteiger charge is -2.00. The van der Waals surface area contributed by atoms with Gasteiger partial charge in [-0.05, 0) is 13.8 Å². The summed E-state index contributed by atoms with van der Waals surface area (Å²) in [4.78, 5) is 8.07. The van der Waals surface area contributed by atoms with E-state index < -0.39 is 8.25 Å². The Balaban J connectivity index is 3.01. The highest BCUT2D eigenvalue weighted by Crippen LogP contribution is 2.13. The maximum absolute atomic E-state index is 9.83. The minimum Gasteiger partial charge on any atom is -0.348 e. The van der Waals surface area contributed by atoms with E-state index in [1.54, 1.807) is 0 Å². The first kappa shape index (κ1) is 8.98. The number of hydrogen-bond acceptors (Lipinski definition) is 3. The van der Waals surface area contributed by atoms with Crippen molar-refractivity contribution in [1.29, 1.82) is 0 Å². The largest absolute Gasteiger partial charge is 0.697 e. The van der Waals surface area contributed by atoms with E-state index in [4.69, 9.17) is 9.63 Å². The van der Waals surface area contributed by atoms with Crippen molar-refractivity contribution in [3.63, 3.8) is 0 Å². The molecule has 0 spiro atoms. The molecule has 4 nitrogen and oxygen atoms in total. The first-order valence-electron chi connectivity index (χ1n) is 2.53. The summed E-state index contributed by atoms with van der Waals surface area (Å²) in [6.45, 7) is 3.50. The van der Waals surface area contributed by atoms with Gasteiger partial charge in [0.1, 0.15) is 0 Å². The van der Waals surface area contributed by atoms with Gasteiger partial charge in [0.15, 0.2) is 0 Å². The average molecular weight is 153 g/mol. The smallest absolute Gasteiger partial charge is 0.348 e. The Morgan fingerprint density at radius 3 is 2.56 bits per heavy atom. The molecular formula is C4H10O4P+. The van der Waals surface area contributed by atoms with Crippen molar-refractivity contribution in [3.8, 4) is 0 Å². The fraction of sp³-hybridized carbons (Fsp3) is 1.00. The molecule has 0 saturated heterocycles. The Morgan fingerprint density at radius 2 is 2.22 bits per heavy atom. The lowest BCUT2D eigenvalue weighted by Crippen LogP contribution is -2.03. The first-order chi connectivity index (χ1) is 4.13. The van der Waals surface area contributed by atoms with Gasteiger partial charge in [-0.2, -0.15) is 0 Å². The lowest BCUT2D eigenvalue weighted by molar-refractivity contribution is -0.0208. The minimum atomic E-state index is -2.51. The Hall–Kier alpha value is -0.0200. The number of rotatable bonds is 4. The fourth-order valence-corrected chi connectivity index (χ4v) is 0.363. The predicted molar refractivity (Wildman–Crippen MR) is 32.0 cm³/mol. The van der Waals surface area contributed by atoms with Gasteiger partial charge in [0.25, 0.3) is 0 Å². The molecule has 0 rings (SSSR count). The van der Waals surface area contributed by atoms with E-state index in [-0.39, 0.29) is 12.9 Å². The van der Waals surface area contributed by atoms with Gasteiger partial charge in [-0.25, -0.2) is 0 Å². The first-order valence-corrected chi connectivity index (χ1v) is 3.66. The van der Waals surface area contributed by atoms with Crippen molar-refractivity contribution in [1.82, 2.24) is 0 Å². The third-order valence-electron chi connectivity index (χ3n) is 0.565. The molecule has 1 unspecified atom stereocenters. The van der Waals surface area contributed by atoms with Crippen LogP contribution in [0.25, 0.3) is 0 Å². The van der Waals surface area contributed by atoms with E-state index in [1.807, 2.05) is 13.8 Å². The molecule has 0 aliphatic carbocycles. The van der Waals surface area contributed by atoms with Crippen molar-refractivity contribution in [2.24, 2.45) is 0 Å². The van der Waals surface area contributed by atoms with Crippen LogP contribution in [0.2, 0.25) is 0 Å². The molecule has 1 atom stereocenters. The van der Waals surface area contributed by atoms with Gasteiger partial charge in [0, 0.05) is 4.57 Å². The normalized spacial score (nSPS) is 12.2. The van der Waals surface area contributed by atoms with Crippen LogP contribution < -0.4 is 0 Å². The maximum atomic E-state index is 9.83. The van der Waals surface area contributed by atoms with Gasteiger partial charge >= 0.3 is 8.25 Å². The van der Waals surface area contributed by atoms with Crippen LogP contribution in [0.5, 0.6) is 0 Å². The van der Waals surface area contributed by atoms with Crippen LogP contribution in [0.15, 0.2) is 0 Å². The zero-order valence-corrected chi connectivity index (χ0v) is 6.30. The summed E-state index contributed by atoms with van der Waals surface area (Å²) < 4.78 is 18.8. The van der Waals surface area contributed by atoms with Crippen LogP contribution in [-0.4, -0.2) is 17.8 Å². The molecule has 0 saturated carbocycles. The van der Waals surface area contributed by atoms with Crippen molar-refractivity contribution in [2.75, 3.05) is 6.79 Å². The topological polar surface area (TPSA) is 55.8 Å². The standard InChI is InChI=1S/C4H9O4P/c1-4(2)7-3-8-9(5)6/h4H,3H2,1-2H3/p+1. The van der Waals surface area contributed by atoms with E-state index in [0.717, 1.165) is 0 Å². The summed E-state index contributed by atoms with van der Waals surface area (Å²) in [5.74, 6) is 0. The second-order valence-electron chi connectivity index (χ2n) is 1.70. The van der Waals surface area contributed by atoms with Gasteiger partial charge in [-0.1, -0.05) is 4.52 Å². The summed E-state index contributed by atoms with van der Waals surface area (Å²) in [6.07, 6.45) is 0.0277. The van der Waals surface area contributed by atoms with Crippen LogP contribution in [0.3, 0.4) is 0 Å². The van der Waals surface area contributed by atoms with Gasteiger partial charge in [-0.3, -0.25) is 0 Å². The zero-order chi connectivity index (χ0) is 7.28. The third-order valence-corrected chi connectivity index (χ3v) is 0.891. The summed E-state index contributed by atoms with van der Waals surface area (Å²) in [5, 5.41) is 0. The van der Waals surface area contributed by atoms with E-state index >= 15 is 0 Å². The fourth-order valence-electron chi connectivity index (χ4n) is 0.212. The van der Waals surface area contributed by atoms with Crippen molar-refractivity contribution in [3.05, 3.63) is 0 Å². The second kappa shape index (κ2) is 4.82. The minimum absolute atomic E-state index is 0.0277. The zero-order valence-electron chi connectivity index (χ0n) is 5.40. The molecule has 5 heteroatoms. The highest BCUT2D eigenvalue weighted by molar-refractivity contribution is 7.32. The number of hydrogen-bond donors (Lipinski definition) is 1. The molecule has 0 bridgehead atoms. The molecule has 0 fully saturated rings. The number of ether oxygens (including phenoxy) is 1. The Bertz CT molecular complexity index is 92.6. The van der Waals surface area contributed by atoms with Crippen LogP contribution in [0.4, 0.5) is 0 Å².